The third kappa shape index (κ3) is 3.10. The number of aliphatic hydroxyl groups is 2. The average molecular weight is 236 g/mol. The molecule has 0 aromatic carbocycles. The van der Waals surface area contributed by atoms with E-state index in [1.54, 1.807) is 12.1 Å². The van der Waals surface area contributed by atoms with Crippen molar-refractivity contribution in [3.63, 3.8) is 0 Å². The van der Waals surface area contributed by atoms with Gasteiger partial charge in [0.05, 0.1) is 6.10 Å². The number of alkyl halides is 1. The minimum Gasteiger partial charge on any atom is -0.390 e. The second-order valence-electron chi connectivity index (χ2n) is 2.90. The van der Waals surface area contributed by atoms with E-state index in [1.807, 2.05) is 0 Å². The van der Waals surface area contributed by atoms with Gasteiger partial charge in [0.2, 0.25) is 0 Å². The number of hydrogen-bond donors (Lipinski definition) is 2. The summed E-state index contributed by atoms with van der Waals surface area (Å²) in [6.07, 6.45) is -0.0514. The zero-order valence-corrected chi connectivity index (χ0v) is 8.91. The molecule has 0 spiro atoms. The fraction of sp³-hybridized carbons (Fsp3) is 0.444. The lowest BCUT2D eigenvalue weighted by Crippen LogP contribution is -2.18. The Morgan fingerprint density at radius 3 is 2.57 bits per heavy atom. The van der Waals surface area contributed by atoms with E-state index < -0.39 is 12.2 Å². The largest absolute Gasteiger partial charge is 0.390 e. The van der Waals surface area contributed by atoms with E-state index in [9.17, 15) is 10.2 Å². The van der Waals surface area contributed by atoms with Crippen LogP contribution in [0.15, 0.2) is 18.3 Å². The lowest BCUT2D eigenvalue weighted by molar-refractivity contribution is 0.0168. The summed E-state index contributed by atoms with van der Waals surface area (Å²) in [6.45, 7) is 0. The number of rotatable bonds is 4. The monoisotopic (exact) mass is 235 g/mol. The molecule has 1 rings (SSSR count). The minimum atomic E-state index is -0.960. The molecule has 0 radical (unpaired) electrons. The van der Waals surface area contributed by atoms with E-state index in [2.05, 4.69) is 4.98 Å². The van der Waals surface area contributed by atoms with Crippen LogP contribution in [0, 0.1) is 0 Å². The highest BCUT2D eigenvalue weighted by molar-refractivity contribution is 6.29. The van der Waals surface area contributed by atoms with Gasteiger partial charge in [0, 0.05) is 17.6 Å². The van der Waals surface area contributed by atoms with Crippen molar-refractivity contribution in [1.29, 1.82) is 0 Å². The highest BCUT2D eigenvalue weighted by Gasteiger charge is 2.17. The van der Waals surface area contributed by atoms with Gasteiger partial charge >= 0.3 is 0 Å². The van der Waals surface area contributed by atoms with Crippen LogP contribution in [0.1, 0.15) is 18.1 Å². The first-order valence-electron chi connectivity index (χ1n) is 4.18. The van der Waals surface area contributed by atoms with Crippen LogP contribution in [-0.2, 0) is 0 Å². The Bertz CT molecular complexity index is 279. The molecule has 3 nitrogen and oxygen atoms in total. The minimum absolute atomic E-state index is 0.305. The fourth-order valence-electron chi connectivity index (χ4n) is 1.05. The standard InChI is InChI=1S/C9H11Cl2NO2/c10-4-3-7(13)9(14)6-1-2-8(11)12-5-6/h1-2,5,7,9,13-14H,3-4H2. The maximum Gasteiger partial charge on any atom is 0.129 e. The topological polar surface area (TPSA) is 53.4 Å². The SMILES string of the molecule is OC(CCCl)C(O)c1ccc(Cl)nc1. The molecule has 14 heavy (non-hydrogen) atoms. The quantitative estimate of drug-likeness (QED) is 0.618. The molecule has 0 fully saturated rings. The third-order valence-electron chi connectivity index (χ3n) is 1.86. The van der Waals surface area contributed by atoms with Crippen LogP contribution in [0.2, 0.25) is 5.15 Å². The van der Waals surface area contributed by atoms with E-state index in [1.165, 1.54) is 6.20 Å². The van der Waals surface area contributed by atoms with Crippen LogP contribution in [0.4, 0.5) is 0 Å². The number of aliphatic hydroxyl groups excluding tert-OH is 2. The Morgan fingerprint density at radius 2 is 2.07 bits per heavy atom. The Hall–Kier alpha value is -0.350. The Kier molecular flexibility index (Phi) is 4.62. The fourth-order valence-corrected chi connectivity index (χ4v) is 1.39. The maximum absolute atomic E-state index is 9.62. The summed E-state index contributed by atoms with van der Waals surface area (Å²) in [5, 5.41) is 19.4. The first-order chi connectivity index (χ1) is 6.65. The predicted octanol–water partition coefficient (Wildman–Crippen LogP) is 1.76. The van der Waals surface area contributed by atoms with Crippen LogP contribution in [0.3, 0.4) is 0 Å². The van der Waals surface area contributed by atoms with Crippen LogP contribution < -0.4 is 0 Å². The molecule has 0 saturated carbocycles. The molecular weight excluding hydrogens is 225 g/mol. The van der Waals surface area contributed by atoms with Gasteiger partial charge in [0.15, 0.2) is 0 Å². The number of hydrogen-bond acceptors (Lipinski definition) is 3. The summed E-state index contributed by atoms with van der Waals surface area (Å²) in [7, 11) is 0. The van der Waals surface area contributed by atoms with E-state index in [4.69, 9.17) is 23.2 Å². The van der Waals surface area contributed by atoms with Crippen molar-refractivity contribution in [1.82, 2.24) is 4.98 Å². The molecule has 2 N–H and O–H groups in total. The van der Waals surface area contributed by atoms with Crippen LogP contribution in [-0.4, -0.2) is 27.2 Å². The molecule has 2 unspecified atom stereocenters. The molecule has 2 atom stereocenters. The highest BCUT2D eigenvalue weighted by Crippen LogP contribution is 2.19. The van der Waals surface area contributed by atoms with Gasteiger partial charge in [-0.1, -0.05) is 17.7 Å². The van der Waals surface area contributed by atoms with E-state index >= 15 is 0 Å². The van der Waals surface area contributed by atoms with Crippen molar-refractivity contribution in [3.8, 4) is 0 Å². The summed E-state index contributed by atoms with van der Waals surface area (Å²) in [4.78, 5) is 3.80. The van der Waals surface area contributed by atoms with Gasteiger partial charge in [0.25, 0.3) is 0 Å². The number of nitrogens with zero attached hydrogens (tertiary/aromatic N) is 1. The molecular formula is C9H11Cl2NO2. The Morgan fingerprint density at radius 1 is 1.36 bits per heavy atom. The second-order valence-corrected chi connectivity index (χ2v) is 3.67. The smallest absolute Gasteiger partial charge is 0.129 e. The van der Waals surface area contributed by atoms with Crippen molar-refractivity contribution >= 4 is 23.2 Å². The summed E-state index contributed by atoms with van der Waals surface area (Å²) in [6, 6.07) is 3.19. The van der Waals surface area contributed by atoms with Gasteiger partial charge in [-0.3, -0.25) is 0 Å². The molecule has 0 bridgehead atoms. The van der Waals surface area contributed by atoms with Crippen molar-refractivity contribution in [2.24, 2.45) is 0 Å². The molecule has 1 aromatic rings. The number of aromatic nitrogens is 1. The highest BCUT2D eigenvalue weighted by atomic mass is 35.5. The van der Waals surface area contributed by atoms with E-state index in [-0.39, 0.29) is 0 Å². The van der Waals surface area contributed by atoms with Gasteiger partial charge in [-0.05, 0) is 12.5 Å². The Labute approximate surface area is 92.3 Å². The van der Waals surface area contributed by atoms with Gasteiger partial charge in [-0.2, -0.15) is 0 Å². The van der Waals surface area contributed by atoms with Crippen LogP contribution in [0.5, 0.6) is 0 Å². The molecule has 0 aliphatic heterocycles. The summed E-state index contributed by atoms with van der Waals surface area (Å²) >= 11 is 11.0. The Balaban J connectivity index is 2.68. The molecule has 0 aliphatic rings. The van der Waals surface area contributed by atoms with Crippen molar-refractivity contribution in [2.45, 2.75) is 18.6 Å². The first-order valence-corrected chi connectivity index (χ1v) is 5.10. The lowest BCUT2D eigenvalue weighted by Gasteiger charge is -2.16. The van der Waals surface area contributed by atoms with E-state index in [0.717, 1.165) is 0 Å². The van der Waals surface area contributed by atoms with Gasteiger partial charge in [0.1, 0.15) is 11.3 Å². The maximum atomic E-state index is 9.62. The van der Waals surface area contributed by atoms with Crippen LogP contribution >= 0.6 is 23.2 Å². The molecule has 1 aromatic heterocycles. The molecule has 1 heterocycles. The third-order valence-corrected chi connectivity index (χ3v) is 2.30. The molecule has 0 aliphatic carbocycles. The molecule has 0 amide bonds. The zero-order chi connectivity index (χ0) is 10.6. The van der Waals surface area contributed by atoms with Gasteiger partial charge in [-0.25, -0.2) is 4.98 Å². The molecule has 0 saturated heterocycles. The van der Waals surface area contributed by atoms with Crippen molar-refractivity contribution < 1.29 is 10.2 Å². The van der Waals surface area contributed by atoms with E-state index in [0.29, 0.717) is 23.0 Å². The predicted molar refractivity (Wildman–Crippen MR) is 55.6 cm³/mol. The summed E-state index contributed by atoms with van der Waals surface area (Å²) in [5.41, 5.74) is 0.534. The number of pyridine rings is 1. The second kappa shape index (κ2) is 5.51. The number of halogens is 2. The molecule has 78 valence electrons. The summed E-state index contributed by atoms with van der Waals surface area (Å²) < 4.78 is 0. The average Bonchev–Trinajstić information content (AvgIpc) is 2.18. The van der Waals surface area contributed by atoms with Gasteiger partial charge in [-0.15, -0.1) is 11.6 Å². The lowest BCUT2D eigenvalue weighted by atomic mass is 10.1. The summed E-state index contributed by atoms with van der Waals surface area (Å²) in [5.74, 6) is 0.305. The van der Waals surface area contributed by atoms with Crippen molar-refractivity contribution in [3.05, 3.63) is 29.0 Å². The van der Waals surface area contributed by atoms with Crippen LogP contribution in [0.25, 0.3) is 0 Å². The first kappa shape index (κ1) is 11.7. The van der Waals surface area contributed by atoms with Gasteiger partial charge < -0.3 is 10.2 Å². The zero-order valence-electron chi connectivity index (χ0n) is 7.40. The molecule has 5 heteroatoms. The normalized spacial score (nSPS) is 15.1. The van der Waals surface area contributed by atoms with Crippen molar-refractivity contribution in [2.75, 3.05) is 5.88 Å².